The number of allylic oxidation sites excluding steroid dienone is 10. The van der Waals surface area contributed by atoms with Crippen molar-refractivity contribution in [2.45, 2.75) is 41.5 Å². The highest BCUT2D eigenvalue weighted by Gasteiger charge is 2.08. The molecular formula is C37H48N3+. The Morgan fingerprint density at radius 1 is 0.600 bits per heavy atom. The van der Waals surface area contributed by atoms with Gasteiger partial charge in [0.2, 0.25) is 0 Å². The molecule has 3 nitrogen and oxygen atoms in total. The van der Waals surface area contributed by atoms with Crippen LogP contribution in [0.15, 0.2) is 108 Å². The van der Waals surface area contributed by atoms with Gasteiger partial charge in [0.05, 0.1) is 0 Å². The third-order valence-corrected chi connectivity index (χ3v) is 7.47. The standard InChI is InChI=1S/C37H48N3/c1-7-38(8-2)35-25-19-32(20-26-35)16-13-31(14-17-33-21-27-36(28-22-33)39(9-3)10-4)15-18-34-23-29-37(30-24-34)40(11-5)12-6/h13-30H,7-12H2,1-6H3/q+1. The van der Waals surface area contributed by atoms with Gasteiger partial charge in [-0.25, -0.2) is 4.58 Å². The molecule has 0 aromatic heterocycles. The van der Waals surface area contributed by atoms with Crippen LogP contribution in [0.1, 0.15) is 52.7 Å². The van der Waals surface area contributed by atoms with Crippen LogP contribution < -0.4 is 9.80 Å². The SMILES string of the molecule is CCN(CC)c1ccc(/C=C/C(=CC=C2C=CC(=[N+](CC)CC)C=C2)/C=C/c2ccc(N(CC)CC)cc2)cc1. The van der Waals surface area contributed by atoms with E-state index in [0.717, 1.165) is 44.8 Å². The molecule has 3 heteroatoms. The van der Waals surface area contributed by atoms with Crippen LogP contribution in [-0.2, 0) is 0 Å². The lowest BCUT2D eigenvalue weighted by molar-refractivity contribution is -0.519. The summed E-state index contributed by atoms with van der Waals surface area (Å²) in [5.74, 6) is 0. The summed E-state index contributed by atoms with van der Waals surface area (Å²) < 4.78 is 2.37. The Morgan fingerprint density at radius 3 is 1.40 bits per heavy atom. The molecule has 0 saturated carbocycles. The Bertz CT molecular complexity index is 1180. The molecule has 0 spiro atoms. The van der Waals surface area contributed by atoms with Crippen LogP contribution in [0.4, 0.5) is 11.4 Å². The smallest absolute Gasteiger partial charge is 0.199 e. The van der Waals surface area contributed by atoms with Crippen molar-refractivity contribution in [2.24, 2.45) is 0 Å². The van der Waals surface area contributed by atoms with Crippen LogP contribution in [0.5, 0.6) is 0 Å². The lowest BCUT2D eigenvalue weighted by Crippen LogP contribution is -2.21. The second kappa shape index (κ2) is 16.3. The van der Waals surface area contributed by atoms with Crippen molar-refractivity contribution in [2.75, 3.05) is 49.1 Å². The maximum Gasteiger partial charge on any atom is 0.199 e. The van der Waals surface area contributed by atoms with Crippen molar-refractivity contribution in [1.29, 1.82) is 0 Å². The van der Waals surface area contributed by atoms with Crippen molar-refractivity contribution in [1.82, 2.24) is 0 Å². The lowest BCUT2D eigenvalue weighted by atomic mass is 10.1. The van der Waals surface area contributed by atoms with Gasteiger partial charge in [-0.05, 0) is 100 Å². The summed E-state index contributed by atoms with van der Waals surface area (Å²) in [7, 11) is 0. The Hall–Kier alpha value is -3.85. The molecule has 0 saturated heterocycles. The number of anilines is 2. The van der Waals surface area contributed by atoms with Gasteiger partial charge in [-0.3, -0.25) is 0 Å². The third-order valence-electron chi connectivity index (χ3n) is 7.47. The van der Waals surface area contributed by atoms with Gasteiger partial charge in [0, 0.05) is 49.7 Å². The van der Waals surface area contributed by atoms with E-state index in [2.05, 4.69) is 165 Å². The number of benzene rings is 2. The minimum atomic E-state index is 1.02. The van der Waals surface area contributed by atoms with Crippen LogP contribution in [0, 0.1) is 0 Å². The van der Waals surface area contributed by atoms with Crippen molar-refractivity contribution < 1.29 is 4.58 Å². The second-order valence-electron chi connectivity index (χ2n) is 9.79. The average Bonchev–Trinajstić information content (AvgIpc) is 3.00. The monoisotopic (exact) mass is 534 g/mol. The molecule has 0 heterocycles. The topological polar surface area (TPSA) is 9.49 Å². The van der Waals surface area contributed by atoms with E-state index < -0.39 is 0 Å². The highest BCUT2D eigenvalue weighted by atomic mass is 15.1. The molecule has 0 radical (unpaired) electrons. The highest BCUT2D eigenvalue weighted by Crippen LogP contribution is 2.19. The number of hydrogen-bond donors (Lipinski definition) is 0. The Balaban J connectivity index is 1.86. The summed E-state index contributed by atoms with van der Waals surface area (Å²) in [6, 6.07) is 17.7. The number of rotatable bonds is 13. The van der Waals surface area contributed by atoms with Crippen LogP contribution in [0.25, 0.3) is 12.2 Å². The lowest BCUT2D eigenvalue weighted by Gasteiger charge is -2.20. The number of nitrogens with zero attached hydrogens (tertiary/aromatic N) is 3. The summed E-state index contributed by atoms with van der Waals surface area (Å²) in [5, 5.41) is 0. The van der Waals surface area contributed by atoms with Crippen LogP contribution in [0.2, 0.25) is 0 Å². The Kier molecular flexibility index (Phi) is 12.5. The molecule has 0 aliphatic heterocycles. The molecule has 210 valence electrons. The van der Waals surface area contributed by atoms with E-state index in [4.69, 9.17) is 0 Å². The molecule has 2 aromatic rings. The normalized spacial score (nSPS) is 12.8. The van der Waals surface area contributed by atoms with Gasteiger partial charge in [0.25, 0.3) is 0 Å². The van der Waals surface area contributed by atoms with Crippen LogP contribution in [0.3, 0.4) is 0 Å². The van der Waals surface area contributed by atoms with Crippen molar-refractivity contribution in [3.05, 3.63) is 119 Å². The molecule has 0 atom stereocenters. The van der Waals surface area contributed by atoms with Gasteiger partial charge in [-0.15, -0.1) is 0 Å². The fourth-order valence-electron chi connectivity index (χ4n) is 4.90. The van der Waals surface area contributed by atoms with E-state index >= 15 is 0 Å². The average molecular weight is 535 g/mol. The summed E-state index contributed by atoms with van der Waals surface area (Å²) in [6.45, 7) is 19.3. The number of hydrogen-bond acceptors (Lipinski definition) is 2. The zero-order valence-corrected chi connectivity index (χ0v) is 25.5. The Labute approximate surface area is 243 Å². The van der Waals surface area contributed by atoms with Crippen molar-refractivity contribution in [3.8, 4) is 0 Å². The maximum atomic E-state index is 2.37. The third kappa shape index (κ3) is 8.84. The van der Waals surface area contributed by atoms with Gasteiger partial charge in [-0.1, -0.05) is 60.7 Å². The summed E-state index contributed by atoms with van der Waals surface area (Å²) in [6.07, 6.45) is 22.0. The zero-order chi connectivity index (χ0) is 28.7. The van der Waals surface area contributed by atoms with E-state index in [1.165, 1.54) is 33.8 Å². The van der Waals surface area contributed by atoms with Crippen molar-refractivity contribution >= 4 is 29.2 Å². The van der Waals surface area contributed by atoms with Gasteiger partial charge >= 0.3 is 0 Å². The Morgan fingerprint density at radius 2 is 1.02 bits per heavy atom. The minimum absolute atomic E-state index is 1.02. The molecular weight excluding hydrogens is 486 g/mol. The quantitative estimate of drug-likeness (QED) is 0.188. The summed E-state index contributed by atoms with van der Waals surface area (Å²) in [5.41, 5.74) is 8.55. The van der Waals surface area contributed by atoms with Crippen LogP contribution in [-0.4, -0.2) is 49.6 Å². The van der Waals surface area contributed by atoms with E-state index in [0.29, 0.717) is 0 Å². The van der Waals surface area contributed by atoms with Gasteiger partial charge in [0.1, 0.15) is 13.1 Å². The first-order chi connectivity index (χ1) is 19.5. The minimum Gasteiger partial charge on any atom is -0.372 e. The van der Waals surface area contributed by atoms with E-state index in [1.807, 2.05) is 0 Å². The van der Waals surface area contributed by atoms with Crippen LogP contribution >= 0.6 is 0 Å². The molecule has 0 fully saturated rings. The largest absolute Gasteiger partial charge is 0.372 e. The first-order valence-corrected chi connectivity index (χ1v) is 15.0. The van der Waals surface area contributed by atoms with Gasteiger partial charge in [-0.2, -0.15) is 0 Å². The molecule has 0 amide bonds. The van der Waals surface area contributed by atoms with Gasteiger partial charge in [0.15, 0.2) is 5.71 Å². The molecule has 1 aliphatic rings. The summed E-state index contributed by atoms with van der Waals surface area (Å²) in [4.78, 5) is 4.74. The molecule has 0 unspecified atom stereocenters. The summed E-state index contributed by atoms with van der Waals surface area (Å²) >= 11 is 0. The fraction of sp³-hybridized carbons (Fsp3) is 0.324. The maximum absolute atomic E-state index is 2.37. The molecule has 3 rings (SSSR count). The highest BCUT2D eigenvalue weighted by molar-refractivity contribution is 6.02. The molecule has 2 aromatic carbocycles. The fourth-order valence-corrected chi connectivity index (χ4v) is 4.90. The van der Waals surface area contributed by atoms with E-state index in [1.54, 1.807) is 0 Å². The molecule has 40 heavy (non-hydrogen) atoms. The van der Waals surface area contributed by atoms with E-state index in [-0.39, 0.29) is 0 Å². The zero-order valence-electron chi connectivity index (χ0n) is 25.5. The first-order valence-electron chi connectivity index (χ1n) is 15.0. The molecule has 0 N–H and O–H groups in total. The van der Waals surface area contributed by atoms with E-state index in [9.17, 15) is 0 Å². The van der Waals surface area contributed by atoms with Gasteiger partial charge < -0.3 is 9.80 Å². The second-order valence-corrected chi connectivity index (χ2v) is 9.79. The first kappa shape index (κ1) is 30.7. The van der Waals surface area contributed by atoms with Crippen molar-refractivity contribution in [3.63, 3.8) is 0 Å². The predicted octanol–water partition coefficient (Wildman–Crippen LogP) is 8.58. The molecule has 0 bridgehead atoms. The molecule has 1 aliphatic carbocycles. The predicted molar refractivity (Wildman–Crippen MR) is 179 cm³/mol.